The lowest BCUT2D eigenvalue weighted by molar-refractivity contribution is 0.313. The van der Waals surface area contributed by atoms with E-state index >= 15 is 0 Å². The average molecular weight is 232 g/mol. The molecule has 2 rings (SSSR count). The number of ether oxygens (including phenoxy) is 1. The van der Waals surface area contributed by atoms with E-state index in [1.165, 1.54) is 11.1 Å². The van der Waals surface area contributed by atoms with Crippen molar-refractivity contribution in [3.63, 3.8) is 0 Å². The molecule has 1 heterocycles. The predicted octanol–water partition coefficient (Wildman–Crippen LogP) is 3.70. The van der Waals surface area contributed by atoms with Crippen LogP contribution >= 0.6 is 0 Å². The van der Waals surface area contributed by atoms with Gasteiger partial charge in [0.1, 0.15) is 11.6 Å². The third-order valence-electron chi connectivity index (χ3n) is 3.00. The predicted molar refractivity (Wildman–Crippen MR) is 73.0 cm³/mol. The lowest BCUT2D eigenvalue weighted by atomic mass is 10.1. The van der Waals surface area contributed by atoms with Gasteiger partial charge in [-0.1, -0.05) is 25.5 Å². The van der Waals surface area contributed by atoms with E-state index in [9.17, 15) is 0 Å². The molecule has 2 aromatic rings. The van der Waals surface area contributed by atoms with Crippen molar-refractivity contribution in [3.05, 3.63) is 23.9 Å². The molecule has 0 aliphatic heterocycles. The van der Waals surface area contributed by atoms with Gasteiger partial charge in [0.15, 0.2) is 0 Å². The molecule has 0 saturated carbocycles. The van der Waals surface area contributed by atoms with Crippen LogP contribution in [-0.4, -0.2) is 18.6 Å². The van der Waals surface area contributed by atoms with Crippen molar-refractivity contribution in [1.29, 1.82) is 0 Å². The Morgan fingerprint density at radius 2 is 2.18 bits per heavy atom. The molecule has 0 unspecified atom stereocenters. The van der Waals surface area contributed by atoms with Gasteiger partial charge in [-0.2, -0.15) is 0 Å². The summed E-state index contributed by atoms with van der Waals surface area (Å²) < 4.78 is 5.86. The fourth-order valence-corrected chi connectivity index (χ4v) is 2.05. The molecule has 2 N–H and O–H groups in total. The molecular formula is C14H20N2O. The molecule has 0 aliphatic rings. The minimum absolute atomic E-state index is 0.781. The van der Waals surface area contributed by atoms with Crippen LogP contribution in [0.25, 0.3) is 10.8 Å². The summed E-state index contributed by atoms with van der Waals surface area (Å²) in [5, 5.41) is 5.57. The highest BCUT2D eigenvalue weighted by Gasteiger charge is 2.11. The molecule has 1 aromatic heterocycles. The second kappa shape index (κ2) is 5.13. The average Bonchev–Trinajstić information content (AvgIpc) is 2.68. The van der Waals surface area contributed by atoms with E-state index in [2.05, 4.69) is 30.2 Å². The van der Waals surface area contributed by atoms with Crippen LogP contribution in [0.4, 0.5) is 5.82 Å². The molecule has 0 amide bonds. The summed E-state index contributed by atoms with van der Waals surface area (Å²) in [6, 6.07) is 6.20. The molecule has 0 fully saturated rings. The number of aromatic amines is 1. The summed E-state index contributed by atoms with van der Waals surface area (Å²) in [5.41, 5.74) is 1.17. The zero-order valence-corrected chi connectivity index (χ0v) is 10.8. The lowest BCUT2D eigenvalue weighted by Gasteiger charge is -2.08. The van der Waals surface area contributed by atoms with Crippen LogP contribution in [0, 0.1) is 6.92 Å². The topological polar surface area (TPSA) is 37.0 Å². The fraction of sp³-hybridized carbons (Fsp3) is 0.429. The summed E-state index contributed by atoms with van der Waals surface area (Å²) in [7, 11) is 1.92. The summed E-state index contributed by atoms with van der Waals surface area (Å²) in [6.45, 7) is 5.03. The number of H-pyrrole nitrogens is 1. The summed E-state index contributed by atoms with van der Waals surface area (Å²) in [4.78, 5) is 3.34. The van der Waals surface area contributed by atoms with Gasteiger partial charge in [-0.15, -0.1) is 0 Å². The molecule has 1 aromatic carbocycles. The van der Waals surface area contributed by atoms with Gasteiger partial charge < -0.3 is 15.0 Å². The number of rotatable bonds is 5. The number of aryl methyl sites for hydroxylation is 1. The van der Waals surface area contributed by atoms with Crippen molar-refractivity contribution in [2.24, 2.45) is 0 Å². The Labute approximate surface area is 102 Å². The highest BCUT2D eigenvalue weighted by molar-refractivity contribution is 5.99. The number of nitrogens with one attached hydrogen (secondary N) is 2. The number of benzene rings is 1. The van der Waals surface area contributed by atoms with Gasteiger partial charge in [-0.25, -0.2) is 0 Å². The van der Waals surface area contributed by atoms with Gasteiger partial charge in [0.25, 0.3) is 0 Å². The number of unbranched alkanes of at least 4 members (excludes halogenated alkanes) is 1. The van der Waals surface area contributed by atoms with E-state index in [0.29, 0.717) is 0 Å². The van der Waals surface area contributed by atoms with Crippen LogP contribution in [0.2, 0.25) is 0 Å². The Kier molecular flexibility index (Phi) is 3.57. The normalized spacial score (nSPS) is 10.8. The van der Waals surface area contributed by atoms with Crippen molar-refractivity contribution in [1.82, 2.24) is 4.98 Å². The molecule has 0 atom stereocenters. The van der Waals surface area contributed by atoms with Crippen molar-refractivity contribution < 1.29 is 4.74 Å². The molecule has 3 nitrogen and oxygen atoms in total. The highest BCUT2D eigenvalue weighted by Crippen LogP contribution is 2.34. The van der Waals surface area contributed by atoms with Gasteiger partial charge in [0.05, 0.1) is 12.0 Å². The van der Waals surface area contributed by atoms with E-state index in [-0.39, 0.29) is 0 Å². The Hall–Kier alpha value is -1.64. The second-order valence-electron chi connectivity index (χ2n) is 4.26. The minimum atomic E-state index is 0.781. The van der Waals surface area contributed by atoms with Crippen molar-refractivity contribution in [2.75, 3.05) is 19.0 Å². The molecule has 92 valence electrons. The van der Waals surface area contributed by atoms with Gasteiger partial charge in [-0.3, -0.25) is 0 Å². The van der Waals surface area contributed by atoms with Crippen LogP contribution in [0.5, 0.6) is 5.75 Å². The van der Waals surface area contributed by atoms with Gasteiger partial charge in [-0.05, 0) is 19.4 Å². The quantitative estimate of drug-likeness (QED) is 0.771. The SMILES string of the molecule is CCCCOc1cccc2c(C)[nH]c(NC)c12. The highest BCUT2D eigenvalue weighted by atomic mass is 16.5. The number of aromatic nitrogens is 1. The molecule has 0 saturated heterocycles. The van der Waals surface area contributed by atoms with Crippen molar-refractivity contribution >= 4 is 16.6 Å². The first-order valence-corrected chi connectivity index (χ1v) is 6.19. The number of anilines is 1. The Morgan fingerprint density at radius 1 is 1.35 bits per heavy atom. The number of hydrogen-bond acceptors (Lipinski definition) is 2. The molecule has 0 bridgehead atoms. The van der Waals surface area contributed by atoms with E-state index < -0.39 is 0 Å². The summed E-state index contributed by atoms with van der Waals surface area (Å²) in [5.74, 6) is 1.99. The molecule has 0 spiro atoms. The number of hydrogen-bond donors (Lipinski definition) is 2. The zero-order chi connectivity index (χ0) is 12.3. The van der Waals surface area contributed by atoms with Crippen LogP contribution in [0.15, 0.2) is 18.2 Å². The van der Waals surface area contributed by atoms with E-state index in [1.54, 1.807) is 0 Å². The first-order chi connectivity index (χ1) is 8.27. The monoisotopic (exact) mass is 232 g/mol. The lowest BCUT2D eigenvalue weighted by Crippen LogP contribution is -1.97. The maximum Gasteiger partial charge on any atom is 0.130 e. The fourth-order valence-electron chi connectivity index (χ4n) is 2.05. The number of fused-ring (bicyclic) bond motifs is 1. The zero-order valence-electron chi connectivity index (χ0n) is 10.8. The van der Waals surface area contributed by atoms with Crippen molar-refractivity contribution in [2.45, 2.75) is 26.7 Å². The Morgan fingerprint density at radius 3 is 2.88 bits per heavy atom. The largest absolute Gasteiger partial charge is 0.493 e. The van der Waals surface area contributed by atoms with E-state index in [1.807, 2.05) is 19.2 Å². The molecule has 0 aliphatic carbocycles. The van der Waals surface area contributed by atoms with Crippen LogP contribution in [0.3, 0.4) is 0 Å². The maximum absolute atomic E-state index is 5.86. The minimum Gasteiger partial charge on any atom is -0.493 e. The molecule has 0 radical (unpaired) electrons. The molecular weight excluding hydrogens is 212 g/mol. The first kappa shape index (κ1) is 11.8. The Bertz CT molecular complexity index is 502. The van der Waals surface area contributed by atoms with E-state index in [0.717, 1.165) is 36.4 Å². The standard InChI is InChI=1S/C14H20N2O/c1-4-5-9-17-12-8-6-7-11-10(2)16-14(15-3)13(11)12/h6-8,15-16H,4-5,9H2,1-3H3. The van der Waals surface area contributed by atoms with Crippen LogP contribution in [0.1, 0.15) is 25.5 Å². The van der Waals surface area contributed by atoms with Gasteiger partial charge in [0, 0.05) is 18.1 Å². The third-order valence-corrected chi connectivity index (χ3v) is 3.00. The third kappa shape index (κ3) is 2.23. The molecule has 3 heteroatoms. The summed E-state index contributed by atoms with van der Waals surface area (Å²) >= 11 is 0. The van der Waals surface area contributed by atoms with Crippen LogP contribution < -0.4 is 10.1 Å². The van der Waals surface area contributed by atoms with E-state index in [4.69, 9.17) is 4.74 Å². The van der Waals surface area contributed by atoms with Gasteiger partial charge in [0.2, 0.25) is 0 Å². The van der Waals surface area contributed by atoms with Crippen LogP contribution in [-0.2, 0) is 0 Å². The first-order valence-electron chi connectivity index (χ1n) is 6.19. The van der Waals surface area contributed by atoms with Gasteiger partial charge >= 0.3 is 0 Å². The second-order valence-corrected chi connectivity index (χ2v) is 4.26. The van der Waals surface area contributed by atoms with Crippen molar-refractivity contribution in [3.8, 4) is 5.75 Å². The summed E-state index contributed by atoms with van der Waals surface area (Å²) in [6.07, 6.45) is 2.25. The maximum atomic E-state index is 5.86. The smallest absolute Gasteiger partial charge is 0.130 e. The Balaban J connectivity index is 2.40. The molecule has 17 heavy (non-hydrogen) atoms.